The van der Waals surface area contributed by atoms with Crippen LogP contribution in [0.15, 0.2) is 72.9 Å². The minimum Gasteiger partial charge on any atom is -0.481 e. The van der Waals surface area contributed by atoms with Crippen LogP contribution in [-0.2, 0) is 14.3 Å². The summed E-state index contributed by atoms with van der Waals surface area (Å²) in [6.07, 6.45) is 50.8. The van der Waals surface area contributed by atoms with Gasteiger partial charge >= 0.3 is 11.9 Å². The zero-order valence-corrected chi connectivity index (χ0v) is 29.1. The number of carbonyl (C=O) groups excluding carboxylic acids is 1. The van der Waals surface area contributed by atoms with E-state index < -0.39 is 5.97 Å². The summed E-state index contributed by atoms with van der Waals surface area (Å²) >= 11 is 0. The predicted molar refractivity (Wildman–Crippen MR) is 195 cm³/mol. The van der Waals surface area contributed by atoms with E-state index in [1.54, 1.807) is 0 Å². The molecule has 1 atom stereocenters. The van der Waals surface area contributed by atoms with Gasteiger partial charge in [0, 0.05) is 12.8 Å². The van der Waals surface area contributed by atoms with Gasteiger partial charge in [-0.05, 0) is 89.9 Å². The molecule has 0 radical (unpaired) electrons. The monoisotopic (exact) mass is 625 g/mol. The van der Waals surface area contributed by atoms with Crippen molar-refractivity contribution in [2.75, 3.05) is 0 Å². The summed E-state index contributed by atoms with van der Waals surface area (Å²) in [5.74, 6) is -0.726. The van der Waals surface area contributed by atoms with E-state index in [0.717, 1.165) is 116 Å². The lowest BCUT2D eigenvalue weighted by atomic mass is 10.0. The maximum Gasteiger partial charge on any atom is 0.306 e. The first-order chi connectivity index (χ1) is 22.1. The Balaban J connectivity index is 3.94. The van der Waals surface area contributed by atoms with E-state index in [1.807, 2.05) is 0 Å². The molecule has 0 amide bonds. The van der Waals surface area contributed by atoms with Gasteiger partial charge in [-0.25, -0.2) is 0 Å². The highest BCUT2D eigenvalue weighted by Crippen LogP contribution is 2.18. The van der Waals surface area contributed by atoms with Gasteiger partial charge in [-0.3, -0.25) is 9.59 Å². The van der Waals surface area contributed by atoms with E-state index in [1.165, 1.54) is 25.7 Å². The minimum absolute atomic E-state index is 0.0308. The van der Waals surface area contributed by atoms with E-state index in [2.05, 4.69) is 86.8 Å². The van der Waals surface area contributed by atoms with Gasteiger partial charge in [0.2, 0.25) is 0 Å². The minimum atomic E-state index is -0.695. The first-order valence-corrected chi connectivity index (χ1v) is 18.4. The molecule has 45 heavy (non-hydrogen) atoms. The molecule has 1 unspecified atom stereocenters. The largest absolute Gasteiger partial charge is 0.481 e. The Hall–Kier alpha value is -2.62. The maximum absolute atomic E-state index is 12.5. The summed E-state index contributed by atoms with van der Waals surface area (Å²) in [4.78, 5) is 23.1. The molecule has 0 heterocycles. The van der Waals surface area contributed by atoms with Gasteiger partial charge in [0.15, 0.2) is 0 Å². The third kappa shape index (κ3) is 35.7. The molecule has 4 nitrogen and oxygen atoms in total. The molecule has 0 bridgehead atoms. The van der Waals surface area contributed by atoms with Crippen molar-refractivity contribution in [3.05, 3.63) is 72.9 Å². The summed E-state index contributed by atoms with van der Waals surface area (Å²) in [6.45, 7) is 4.38. The molecular formula is C41H68O4. The number of rotatable bonds is 32. The fraction of sp³-hybridized carbons (Fsp3) is 0.659. The van der Waals surface area contributed by atoms with Crippen molar-refractivity contribution in [2.24, 2.45) is 0 Å². The number of ether oxygens (including phenoxy) is 1. The van der Waals surface area contributed by atoms with Gasteiger partial charge in [-0.1, -0.05) is 138 Å². The van der Waals surface area contributed by atoms with E-state index in [4.69, 9.17) is 9.84 Å². The third-order valence-corrected chi connectivity index (χ3v) is 7.69. The van der Waals surface area contributed by atoms with Crippen LogP contribution in [0.3, 0.4) is 0 Å². The van der Waals surface area contributed by atoms with Gasteiger partial charge in [0.1, 0.15) is 6.10 Å². The zero-order chi connectivity index (χ0) is 32.9. The van der Waals surface area contributed by atoms with Crippen molar-refractivity contribution in [3.63, 3.8) is 0 Å². The van der Waals surface area contributed by atoms with Gasteiger partial charge in [-0.15, -0.1) is 0 Å². The van der Waals surface area contributed by atoms with E-state index in [0.29, 0.717) is 6.42 Å². The predicted octanol–water partition coefficient (Wildman–Crippen LogP) is 12.7. The summed E-state index contributed by atoms with van der Waals surface area (Å²) in [7, 11) is 0. The average molecular weight is 625 g/mol. The highest BCUT2D eigenvalue weighted by Gasteiger charge is 2.14. The highest BCUT2D eigenvalue weighted by atomic mass is 16.5. The first-order valence-electron chi connectivity index (χ1n) is 18.4. The van der Waals surface area contributed by atoms with Crippen molar-refractivity contribution >= 4 is 11.9 Å². The van der Waals surface area contributed by atoms with Crippen LogP contribution >= 0.6 is 0 Å². The molecule has 0 saturated heterocycles. The van der Waals surface area contributed by atoms with Crippen LogP contribution in [0.25, 0.3) is 0 Å². The smallest absolute Gasteiger partial charge is 0.306 e. The van der Waals surface area contributed by atoms with Gasteiger partial charge < -0.3 is 9.84 Å². The second-order valence-electron chi connectivity index (χ2n) is 12.0. The van der Waals surface area contributed by atoms with Crippen LogP contribution < -0.4 is 0 Å². The van der Waals surface area contributed by atoms with Crippen LogP contribution in [0.2, 0.25) is 0 Å². The Kier molecular flexibility index (Phi) is 33.8. The van der Waals surface area contributed by atoms with Crippen LogP contribution in [0.4, 0.5) is 0 Å². The number of carbonyl (C=O) groups is 2. The number of carboxylic acid groups (broad SMARTS) is 1. The molecule has 0 aliphatic carbocycles. The molecule has 0 saturated carbocycles. The van der Waals surface area contributed by atoms with Gasteiger partial charge in [0.25, 0.3) is 0 Å². The molecule has 1 N–H and O–H groups in total. The molecular weight excluding hydrogens is 556 g/mol. The van der Waals surface area contributed by atoms with E-state index >= 15 is 0 Å². The molecule has 0 spiro atoms. The molecule has 0 aromatic rings. The maximum atomic E-state index is 12.5. The summed E-state index contributed by atoms with van der Waals surface area (Å²) in [5.41, 5.74) is 0. The molecule has 0 fully saturated rings. The Bertz CT molecular complexity index is 846. The zero-order valence-electron chi connectivity index (χ0n) is 29.1. The fourth-order valence-corrected chi connectivity index (χ4v) is 5.01. The topological polar surface area (TPSA) is 63.6 Å². The number of allylic oxidation sites excluding steroid dienone is 12. The molecule has 256 valence electrons. The average Bonchev–Trinajstić information content (AvgIpc) is 3.02. The summed E-state index contributed by atoms with van der Waals surface area (Å²) in [6, 6.07) is 0. The first kappa shape index (κ1) is 42.4. The Labute approximate surface area is 277 Å². The SMILES string of the molecule is CC/C=C\C/C=C\C/C=C\C/C=C\C/C=C\C/C=C\CCCCC(=O)OC(CCCCCC)CCCCCCCCCC(=O)O. The molecule has 0 aromatic carbocycles. The quantitative estimate of drug-likeness (QED) is 0.0459. The van der Waals surface area contributed by atoms with Crippen LogP contribution in [-0.4, -0.2) is 23.1 Å². The van der Waals surface area contributed by atoms with Gasteiger partial charge in [-0.2, -0.15) is 0 Å². The lowest BCUT2D eigenvalue weighted by Gasteiger charge is -2.18. The molecule has 4 heteroatoms. The molecule has 0 rings (SSSR count). The van der Waals surface area contributed by atoms with Crippen LogP contribution in [0, 0.1) is 0 Å². The normalized spacial score (nSPS) is 13.1. The number of hydrogen-bond acceptors (Lipinski definition) is 3. The second kappa shape index (κ2) is 35.9. The van der Waals surface area contributed by atoms with Crippen molar-refractivity contribution in [2.45, 2.75) is 174 Å². The Morgan fingerprint density at radius 1 is 0.511 bits per heavy atom. The van der Waals surface area contributed by atoms with Crippen molar-refractivity contribution < 1.29 is 19.4 Å². The number of esters is 1. The fourth-order valence-electron chi connectivity index (χ4n) is 5.01. The Morgan fingerprint density at radius 3 is 1.42 bits per heavy atom. The van der Waals surface area contributed by atoms with Crippen LogP contribution in [0.5, 0.6) is 0 Å². The van der Waals surface area contributed by atoms with E-state index in [-0.39, 0.29) is 18.5 Å². The lowest BCUT2D eigenvalue weighted by Crippen LogP contribution is -2.18. The highest BCUT2D eigenvalue weighted by molar-refractivity contribution is 5.69. The summed E-state index contributed by atoms with van der Waals surface area (Å²) < 4.78 is 5.92. The number of carboxylic acids is 1. The van der Waals surface area contributed by atoms with Gasteiger partial charge in [0.05, 0.1) is 0 Å². The number of aliphatic carboxylic acids is 1. The van der Waals surface area contributed by atoms with Crippen LogP contribution in [0.1, 0.15) is 168 Å². The van der Waals surface area contributed by atoms with Crippen molar-refractivity contribution in [3.8, 4) is 0 Å². The number of unbranched alkanes of at least 4 members (excludes halogenated alkanes) is 11. The molecule has 0 aliphatic heterocycles. The lowest BCUT2D eigenvalue weighted by molar-refractivity contribution is -0.150. The third-order valence-electron chi connectivity index (χ3n) is 7.69. The van der Waals surface area contributed by atoms with E-state index in [9.17, 15) is 9.59 Å². The second-order valence-corrected chi connectivity index (χ2v) is 12.0. The molecule has 0 aromatic heterocycles. The standard InChI is InChI=1S/C41H68O4/c1-3-5-7-9-10-11-12-13-14-15-16-17-18-19-20-21-22-23-27-30-34-38-41(44)45-39(35-31-8-6-4-2)36-32-28-25-24-26-29-33-37-40(42)43/h5,7,10-11,13-14,16-17,19-20,22-23,39H,3-4,6,8-9,12,15,18,21,24-38H2,1-2H3,(H,42,43)/b7-5-,11-10-,14-13-,17-16-,20-19-,23-22-. The number of hydrogen-bond donors (Lipinski definition) is 1. The van der Waals surface area contributed by atoms with Crippen molar-refractivity contribution in [1.82, 2.24) is 0 Å². The summed E-state index contributed by atoms with van der Waals surface area (Å²) in [5, 5.41) is 8.72. The molecule has 0 aliphatic rings. The van der Waals surface area contributed by atoms with Crippen molar-refractivity contribution in [1.29, 1.82) is 0 Å². The Morgan fingerprint density at radius 2 is 0.933 bits per heavy atom.